The van der Waals surface area contributed by atoms with Crippen LogP contribution in [0.15, 0.2) is 61.1 Å². The van der Waals surface area contributed by atoms with Gasteiger partial charge in [0.15, 0.2) is 0 Å². The van der Waals surface area contributed by atoms with Gasteiger partial charge in [0.1, 0.15) is 12.1 Å². The number of aromatic nitrogens is 3. The van der Waals surface area contributed by atoms with Crippen LogP contribution in [0.3, 0.4) is 0 Å². The second-order valence-electron chi connectivity index (χ2n) is 6.30. The first-order valence-electron chi connectivity index (χ1n) is 8.95. The van der Waals surface area contributed by atoms with Gasteiger partial charge in [0.2, 0.25) is 11.6 Å². The highest BCUT2D eigenvalue weighted by molar-refractivity contribution is 5.73. The van der Waals surface area contributed by atoms with Crippen molar-refractivity contribution >= 4 is 28.8 Å². The Morgan fingerprint density at radius 2 is 1.61 bits per heavy atom. The Morgan fingerprint density at radius 1 is 0.893 bits per heavy atom. The SMILES string of the molecule is O=[N+]([O-])c1c(Nc2ccccn2)ncnc1N1CCN(c2ccccc2)CC1. The monoisotopic (exact) mass is 377 g/mol. The van der Waals surface area contributed by atoms with Crippen LogP contribution in [0, 0.1) is 10.1 Å². The summed E-state index contributed by atoms with van der Waals surface area (Å²) in [6.45, 7) is 2.79. The Hall–Kier alpha value is -3.75. The van der Waals surface area contributed by atoms with Crippen LogP contribution in [0.2, 0.25) is 0 Å². The lowest BCUT2D eigenvalue weighted by molar-refractivity contribution is -0.383. The maximum Gasteiger partial charge on any atom is 0.353 e. The number of hydrogen-bond donors (Lipinski definition) is 1. The van der Waals surface area contributed by atoms with Gasteiger partial charge < -0.3 is 15.1 Å². The minimum absolute atomic E-state index is 0.138. The first kappa shape index (κ1) is 17.7. The molecule has 0 spiro atoms. The molecule has 1 fully saturated rings. The van der Waals surface area contributed by atoms with Crippen LogP contribution in [-0.4, -0.2) is 46.1 Å². The van der Waals surface area contributed by atoms with Gasteiger partial charge in [-0.3, -0.25) is 10.1 Å². The van der Waals surface area contributed by atoms with Crippen molar-refractivity contribution in [3.05, 3.63) is 71.2 Å². The van der Waals surface area contributed by atoms with Crippen molar-refractivity contribution in [1.29, 1.82) is 0 Å². The molecule has 0 atom stereocenters. The lowest BCUT2D eigenvalue weighted by atomic mass is 10.2. The number of piperazine rings is 1. The first-order valence-corrected chi connectivity index (χ1v) is 8.95. The molecule has 1 aliphatic rings. The summed E-state index contributed by atoms with van der Waals surface area (Å²) in [5.41, 5.74) is 1.01. The molecule has 28 heavy (non-hydrogen) atoms. The number of benzene rings is 1. The van der Waals surface area contributed by atoms with Crippen molar-refractivity contribution < 1.29 is 4.92 Å². The van der Waals surface area contributed by atoms with E-state index in [-0.39, 0.29) is 11.5 Å². The minimum atomic E-state index is -0.440. The topological polar surface area (TPSA) is 100 Å². The second kappa shape index (κ2) is 7.87. The fraction of sp³-hybridized carbons (Fsp3) is 0.211. The van der Waals surface area contributed by atoms with Crippen molar-refractivity contribution in [2.24, 2.45) is 0 Å². The average Bonchev–Trinajstić information content (AvgIpc) is 2.75. The third-order valence-corrected chi connectivity index (χ3v) is 4.60. The van der Waals surface area contributed by atoms with E-state index >= 15 is 0 Å². The van der Waals surface area contributed by atoms with E-state index in [4.69, 9.17) is 0 Å². The number of rotatable bonds is 5. The van der Waals surface area contributed by atoms with Crippen molar-refractivity contribution in [2.75, 3.05) is 41.3 Å². The fourth-order valence-electron chi connectivity index (χ4n) is 3.23. The zero-order chi connectivity index (χ0) is 19.3. The van der Waals surface area contributed by atoms with Crippen molar-refractivity contribution in [3.63, 3.8) is 0 Å². The number of pyridine rings is 1. The Balaban J connectivity index is 1.56. The Morgan fingerprint density at radius 3 is 2.29 bits per heavy atom. The predicted octanol–water partition coefficient (Wildman–Crippen LogP) is 2.85. The molecular formula is C19H19N7O2. The zero-order valence-electron chi connectivity index (χ0n) is 15.1. The van der Waals surface area contributed by atoms with Gasteiger partial charge in [-0.1, -0.05) is 24.3 Å². The second-order valence-corrected chi connectivity index (χ2v) is 6.30. The third-order valence-electron chi connectivity index (χ3n) is 4.60. The largest absolute Gasteiger partial charge is 0.368 e. The normalized spacial score (nSPS) is 14.0. The Kier molecular flexibility index (Phi) is 4.96. The minimum Gasteiger partial charge on any atom is -0.368 e. The van der Waals surface area contributed by atoms with Gasteiger partial charge in [-0.15, -0.1) is 0 Å². The summed E-state index contributed by atoms with van der Waals surface area (Å²) in [5, 5.41) is 14.7. The Bertz CT molecular complexity index is 945. The molecule has 3 heterocycles. The molecule has 4 rings (SSSR count). The van der Waals surface area contributed by atoms with Gasteiger partial charge in [0, 0.05) is 38.1 Å². The molecule has 0 amide bonds. The molecule has 9 nitrogen and oxygen atoms in total. The molecule has 0 bridgehead atoms. The lowest BCUT2D eigenvalue weighted by Gasteiger charge is -2.36. The smallest absolute Gasteiger partial charge is 0.353 e. The van der Waals surface area contributed by atoms with Gasteiger partial charge in [0.05, 0.1) is 4.92 Å². The molecule has 0 unspecified atom stereocenters. The van der Waals surface area contributed by atoms with E-state index < -0.39 is 4.92 Å². The summed E-state index contributed by atoms with van der Waals surface area (Å²) in [6.07, 6.45) is 2.95. The molecule has 2 aromatic heterocycles. The van der Waals surface area contributed by atoms with E-state index in [0.717, 1.165) is 18.8 Å². The molecule has 1 saturated heterocycles. The number of nitrogens with zero attached hydrogens (tertiary/aromatic N) is 6. The highest BCUT2D eigenvalue weighted by Gasteiger charge is 2.29. The van der Waals surface area contributed by atoms with Gasteiger partial charge >= 0.3 is 5.69 Å². The molecule has 142 valence electrons. The summed E-state index contributed by atoms with van der Waals surface area (Å²) in [4.78, 5) is 28.0. The van der Waals surface area contributed by atoms with Crippen molar-refractivity contribution in [1.82, 2.24) is 15.0 Å². The number of hydrogen-bond acceptors (Lipinski definition) is 8. The number of nitrogens with one attached hydrogen (secondary N) is 1. The summed E-state index contributed by atoms with van der Waals surface area (Å²) in [7, 11) is 0. The fourth-order valence-corrected chi connectivity index (χ4v) is 3.23. The van der Waals surface area contributed by atoms with Crippen LogP contribution in [0.1, 0.15) is 0 Å². The van der Waals surface area contributed by atoms with Gasteiger partial charge in [-0.05, 0) is 24.3 Å². The highest BCUT2D eigenvalue weighted by Crippen LogP contribution is 2.33. The standard InChI is InChI=1S/C19H19N7O2/c27-26(28)17-18(23-16-8-4-5-9-20-16)21-14-22-19(17)25-12-10-24(11-13-25)15-6-2-1-3-7-15/h1-9,14H,10-13H2,(H,20,21,22,23). The number of anilines is 4. The van der Waals surface area contributed by atoms with E-state index in [1.807, 2.05) is 23.1 Å². The quantitative estimate of drug-likeness (QED) is 0.535. The summed E-state index contributed by atoms with van der Waals surface area (Å²) < 4.78 is 0. The average molecular weight is 377 g/mol. The first-order chi connectivity index (χ1) is 13.7. The summed E-state index contributed by atoms with van der Waals surface area (Å²) >= 11 is 0. The van der Waals surface area contributed by atoms with Crippen LogP contribution >= 0.6 is 0 Å². The summed E-state index contributed by atoms with van der Waals surface area (Å²) in [6, 6.07) is 15.4. The Labute approximate surface area is 161 Å². The predicted molar refractivity (Wildman–Crippen MR) is 107 cm³/mol. The molecule has 0 radical (unpaired) electrons. The lowest BCUT2D eigenvalue weighted by Crippen LogP contribution is -2.47. The third kappa shape index (κ3) is 3.68. The summed E-state index contributed by atoms with van der Waals surface area (Å²) in [5.74, 6) is 0.953. The molecule has 1 N–H and O–H groups in total. The van der Waals surface area contributed by atoms with Crippen LogP contribution < -0.4 is 15.1 Å². The van der Waals surface area contributed by atoms with Crippen LogP contribution in [0.4, 0.5) is 28.8 Å². The molecule has 3 aromatic rings. The van der Waals surface area contributed by atoms with Gasteiger partial charge in [-0.2, -0.15) is 0 Å². The van der Waals surface area contributed by atoms with Gasteiger partial charge in [0.25, 0.3) is 0 Å². The van der Waals surface area contributed by atoms with E-state index in [2.05, 4.69) is 37.3 Å². The molecular weight excluding hydrogens is 358 g/mol. The molecule has 0 aliphatic carbocycles. The van der Waals surface area contributed by atoms with E-state index in [1.54, 1.807) is 24.4 Å². The van der Waals surface area contributed by atoms with E-state index in [9.17, 15) is 10.1 Å². The number of para-hydroxylation sites is 1. The maximum atomic E-state index is 11.8. The zero-order valence-corrected chi connectivity index (χ0v) is 15.1. The van der Waals surface area contributed by atoms with Crippen LogP contribution in [0.5, 0.6) is 0 Å². The van der Waals surface area contributed by atoms with E-state index in [0.29, 0.717) is 24.7 Å². The molecule has 1 aromatic carbocycles. The van der Waals surface area contributed by atoms with E-state index in [1.165, 1.54) is 6.33 Å². The maximum absolute atomic E-state index is 11.8. The molecule has 9 heteroatoms. The van der Waals surface area contributed by atoms with Crippen LogP contribution in [-0.2, 0) is 0 Å². The van der Waals surface area contributed by atoms with Crippen LogP contribution in [0.25, 0.3) is 0 Å². The van der Waals surface area contributed by atoms with Crippen molar-refractivity contribution in [3.8, 4) is 0 Å². The highest BCUT2D eigenvalue weighted by atomic mass is 16.6. The number of nitro groups is 1. The molecule has 1 aliphatic heterocycles. The van der Waals surface area contributed by atoms with Gasteiger partial charge in [-0.25, -0.2) is 15.0 Å². The van der Waals surface area contributed by atoms with Crippen molar-refractivity contribution in [2.45, 2.75) is 0 Å². The molecule has 0 saturated carbocycles.